The second-order valence-corrected chi connectivity index (χ2v) is 8.66. The van der Waals surface area contributed by atoms with Gasteiger partial charge in [-0.2, -0.15) is 12.4 Å². The van der Waals surface area contributed by atoms with Crippen LogP contribution in [0.1, 0.15) is 5.56 Å². The predicted octanol–water partition coefficient (Wildman–Crippen LogP) is 2.48. The van der Waals surface area contributed by atoms with Crippen molar-refractivity contribution >= 4 is 72.7 Å². The first-order valence-corrected chi connectivity index (χ1v) is 12.3. The Bertz CT molecular complexity index is 1470. The molecule has 0 bridgehead atoms. The van der Waals surface area contributed by atoms with E-state index in [0.717, 1.165) is 50.4 Å². The van der Waals surface area contributed by atoms with Gasteiger partial charge in [-0.15, -0.1) is 0 Å². The van der Waals surface area contributed by atoms with Gasteiger partial charge >= 0.3 is 29.6 Å². The van der Waals surface area contributed by atoms with E-state index < -0.39 is 0 Å². The van der Waals surface area contributed by atoms with Gasteiger partial charge < -0.3 is 29.3 Å². The Morgan fingerprint density at radius 2 is 1.44 bits per heavy atom. The van der Waals surface area contributed by atoms with E-state index in [-0.39, 0.29) is 29.6 Å². The van der Waals surface area contributed by atoms with E-state index in [9.17, 15) is 0 Å². The smallest absolute Gasteiger partial charge is 0.857 e. The van der Waals surface area contributed by atoms with Gasteiger partial charge in [-0.25, -0.2) is 15.0 Å². The number of nitrogens with one attached hydrogen (secondary N) is 3. The molecule has 5 aromatic heterocycles. The Balaban J connectivity index is 0.000000197. The summed E-state index contributed by atoms with van der Waals surface area (Å²) in [7, 11) is 5.56. The Hall–Kier alpha value is -2.60. The summed E-state index contributed by atoms with van der Waals surface area (Å²) in [5.74, 6) is 2.03. The molecular formula is C25H23BrCl2N6NaO4+. The molecule has 6 rings (SSSR count). The molecule has 14 heteroatoms. The average Bonchev–Trinajstić information content (AvgIpc) is 3.74. The van der Waals surface area contributed by atoms with Gasteiger partial charge in [0.2, 0.25) is 28.0 Å². The molecule has 198 valence electrons. The fourth-order valence-electron chi connectivity index (χ4n) is 3.40. The molecule has 5 aromatic rings. The summed E-state index contributed by atoms with van der Waals surface area (Å²) in [6, 6.07) is 3.88. The summed E-state index contributed by atoms with van der Waals surface area (Å²) in [5, 5.41) is 14.1. The normalized spacial score (nSPS) is 10.3. The minimum absolute atomic E-state index is 0. The molecule has 1 aliphatic rings. The van der Waals surface area contributed by atoms with Crippen LogP contribution in [0.4, 0.5) is 5.69 Å². The molecule has 10 nitrogen and oxygen atoms in total. The Morgan fingerprint density at radius 3 is 2.08 bits per heavy atom. The Kier molecular flexibility index (Phi) is 13.3. The summed E-state index contributed by atoms with van der Waals surface area (Å²) >= 11 is 15.0. The number of methoxy groups -OCH3 is 3. The van der Waals surface area contributed by atoms with Gasteiger partial charge in [-0.3, -0.25) is 0 Å². The number of H-pyrrole nitrogens is 2. The first-order chi connectivity index (χ1) is 18.5. The summed E-state index contributed by atoms with van der Waals surface area (Å²) in [6.45, 7) is 0. The fourth-order valence-corrected chi connectivity index (χ4v) is 4.23. The Labute approximate surface area is 265 Å². The number of ether oxygens (including phenoxy) is 3. The molecule has 0 radical (unpaired) electrons. The van der Waals surface area contributed by atoms with Crippen molar-refractivity contribution in [3.63, 3.8) is 0 Å². The van der Waals surface area contributed by atoms with Crippen molar-refractivity contribution < 1.29 is 48.9 Å². The van der Waals surface area contributed by atoms with Crippen LogP contribution in [0.5, 0.6) is 17.4 Å². The second kappa shape index (κ2) is 15.9. The number of anilines is 1. The number of aromatic amines is 2. The molecule has 0 aromatic carbocycles. The molecule has 0 saturated heterocycles. The van der Waals surface area contributed by atoms with E-state index in [0.29, 0.717) is 21.9 Å². The standard InChI is InChI=1S/C9H10N2O2.C8H6ClN2O.C7H4BrClN2.CH3O.Na/c1-12-7-5-11-9(13-2)8-6(7)3-4-10-8;1-12-6-4-11-8(9)7-5(6)2-3-10-7;8-5-3-11-7(9)6-4(5)1-2-10-6;1-2;/h3-5,10H,1-2H3;2,4,10H,1H3;1-3,10H;1H3;/q;+1;;-1;+1. The molecule has 0 atom stereocenters. The van der Waals surface area contributed by atoms with Crippen molar-refractivity contribution in [1.82, 2.24) is 24.9 Å². The van der Waals surface area contributed by atoms with Crippen LogP contribution in [0.2, 0.25) is 10.3 Å². The third-order valence-corrected chi connectivity index (χ3v) is 6.32. The van der Waals surface area contributed by atoms with Crippen LogP contribution >= 0.6 is 39.1 Å². The molecule has 0 aliphatic carbocycles. The molecule has 1 aliphatic heterocycles. The van der Waals surface area contributed by atoms with Crippen molar-refractivity contribution in [3.8, 4) is 17.4 Å². The van der Waals surface area contributed by atoms with Crippen molar-refractivity contribution in [2.75, 3.05) is 33.8 Å². The van der Waals surface area contributed by atoms with Crippen molar-refractivity contribution in [3.05, 3.63) is 69.7 Å². The molecule has 0 fully saturated rings. The molecule has 0 saturated carbocycles. The zero-order valence-electron chi connectivity index (χ0n) is 21.7. The molecule has 3 N–H and O–H groups in total. The molecule has 0 unspecified atom stereocenters. The third kappa shape index (κ3) is 7.53. The third-order valence-electron chi connectivity index (χ3n) is 5.11. The van der Waals surface area contributed by atoms with Gasteiger partial charge in [-0.05, 0) is 39.7 Å². The molecular weight excluding hydrogens is 622 g/mol. The zero-order valence-corrected chi connectivity index (χ0v) is 26.8. The molecule has 0 spiro atoms. The van der Waals surface area contributed by atoms with E-state index in [1.54, 1.807) is 46.0 Å². The number of hydrogen-bond donors (Lipinski definition) is 3. The van der Waals surface area contributed by atoms with Crippen molar-refractivity contribution in [2.45, 2.75) is 0 Å². The number of fused-ring (bicyclic) bond motifs is 3. The minimum atomic E-state index is 0. The Morgan fingerprint density at radius 1 is 0.821 bits per heavy atom. The maximum absolute atomic E-state index is 8.25. The van der Waals surface area contributed by atoms with Gasteiger partial charge in [0.15, 0.2) is 5.15 Å². The van der Waals surface area contributed by atoms with Gasteiger partial charge in [0.05, 0.1) is 39.2 Å². The number of aromatic nitrogens is 5. The minimum Gasteiger partial charge on any atom is -0.857 e. The summed E-state index contributed by atoms with van der Waals surface area (Å²) in [6.07, 6.45) is 13.2. The quantitative estimate of drug-likeness (QED) is 0.155. The van der Waals surface area contributed by atoms with Gasteiger partial charge in [0.1, 0.15) is 23.5 Å². The van der Waals surface area contributed by atoms with E-state index >= 15 is 0 Å². The largest absolute Gasteiger partial charge is 1.00 e. The number of pyridine rings is 3. The topological polar surface area (TPSA) is 133 Å². The van der Waals surface area contributed by atoms with Crippen LogP contribution in [-0.4, -0.2) is 53.4 Å². The van der Waals surface area contributed by atoms with Crippen LogP contribution in [0.15, 0.2) is 47.6 Å². The number of nitrogens with zero attached hydrogens (tertiary/aromatic N) is 3. The van der Waals surface area contributed by atoms with Crippen LogP contribution in [-0.2, 0) is 0 Å². The first-order valence-electron chi connectivity index (χ1n) is 10.8. The monoisotopic (exact) mass is 643 g/mol. The maximum Gasteiger partial charge on any atom is 1.00 e. The van der Waals surface area contributed by atoms with Crippen molar-refractivity contribution in [1.29, 1.82) is 0 Å². The number of hydrogen-bond acceptors (Lipinski definition) is 8. The first kappa shape index (κ1) is 32.6. The van der Waals surface area contributed by atoms with E-state index in [1.165, 1.54) is 0 Å². The van der Waals surface area contributed by atoms with E-state index in [4.69, 9.17) is 42.5 Å². The molecule has 6 heterocycles. The number of halogens is 3. The molecule has 39 heavy (non-hydrogen) atoms. The summed E-state index contributed by atoms with van der Waals surface area (Å²) in [5.41, 5.74) is 3.40. The zero-order chi connectivity index (χ0) is 27.7. The SMILES string of the molecule is COc1cnc(Cl)c2c1C=[C+]N2.COc1cnc(OC)c2[nH]ccc12.C[O-].Clc1ncc(Br)c2cc[nH]c12.[Na+]. The van der Waals surface area contributed by atoms with Gasteiger partial charge in [-0.1, -0.05) is 11.6 Å². The second-order valence-electron chi connectivity index (χ2n) is 7.09. The number of rotatable bonds is 3. The van der Waals surface area contributed by atoms with Crippen LogP contribution in [0.25, 0.3) is 27.9 Å². The maximum atomic E-state index is 8.25. The predicted molar refractivity (Wildman–Crippen MR) is 151 cm³/mol. The van der Waals surface area contributed by atoms with Gasteiger partial charge in [0.25, 0.3) is 0 Å². The molecule has 0 amide bonds. The summed E-state index contributed by atoms with van der Waals surface area (Å²) in [4.78, 5) is 18.0. The van der Waals surface area contributed by atoms with Crippen LogP contribution < -0.4 is 54.2 Å². The fraction of sp³-hybridized carbons (Fsp3) is 0.160. The van der Waals surface area contributed by atoms with Gasteiger partial charge in [0, 0.05) is 33.8 Å². The van der Waals surface area contributed by atoms with Crippen LogP contribution in [0.3, 0.4) is 0 Å². The summed E-state index contributed by atoms with van der Waals surface area (Å²) < 4.78 is 16.3. The van der Waals surface area contributed by atoms with E-state index in [1.807, 2.05) is 24.5 Å². The van der Waals surface area contributed by atoms with Crippen LogP contribution in [0, 0.1) is 6.20 Å². The van der Waals surface area contributed by atoms with E-state index in [2.05, 4.69) is 52.4 Å². The average molecular weight is 645 g/mol. The van der Waals surface area contributed by atoms with Crippen molar-refractivity contribution in [2.24, 2.45) is 0 Å².